The Kier molecular flexibility index (Phi) is 5.55. The van der Waals surface area contributed by atoms with Gasteiger partial charge in [-0.1, -0.05) is 35.3 Å². The number of hydrogen-bond acceptors (Lipinski definition) is 3. The van der Waals surface area contributed by atoms with Crippen molar-refractivity contribution in [2.45, 2.75) is 13.1 Å². The van der Waals surface area contributed by atoms with E-state index in [0.717, 1.165) is 0 Å². The van der Waals surface area contributed by atoms with Crippen molar-refractivity contribution in [2.24, 2.45) is 5.73 Å². The predicted octanol–water partition coefficient (Wildman–Crippen LogP) is 4.55. The van der Waals surface area contributed by atoms with Gasteiger partial charge in [0.1, 0.15) is 5.69 Å². The van der Waals surface area contributed by atoms with Crippen LogP contribution in [0.2, 0.25) is 10.0 Å². The lowest BCUT2D eigenvalue weighted by Gasteiger charge is -2.28. The van der Waals surface area contributed by atoms with Crippen LogP contribution in [-0.2, 0) is 13.1 Å². The predicted molar refractivity (Wildman–Crippen MR) is 118 cm³/mol. The van der Waals surface area contributed by atoms with E-state index in [9.17, 15) is 9.59 Å². The number of amides is 3. The number of nitrogens with one attached hydrogen (secondary N) is 1. The summed E-state index contributed by atoms with van der Waals surface area (Å²) in [6, 6.07) is 11.1. The molecule has 1 aliphatic heterocycles. The van der Waals surface area contributed by atoms with Gasteiger partial charge in [0.25, 0.3) is 5.91 Å². The SMILES string of the molecule is [C-]#[N+]c1ccc(NC(=O)N2CCn3nc(-c4cc(Cl)ccc4Cl)c(C(N)=O)c3C2)cc1. The molecule has 0 spiro atoms. The van der Waals surface area contributed by atoms with Crippen molar-refractivity contribution >= 4 is 46.5 Å². The molecule has 0 saturated heterocycles. The van der Waals surface area contributed by atoms with Gasteiger partial charge < -0.3 is 16.0 Å². The van der Waals surface area contributed by atoms with Gasteiger partial charge in [0, 0.05) is 22.8 Å². The highest BCUT2D eigenvalue weighted by Crippen LogP contribution is 2.34. The minimum atomic E-state index is -0.663. The molecule has 1 aliphatic rings. The van der Waals surface area contributed by atoms with Gasteiger partial charge in [0.15, 0.2) is 5.69 Å². The van der Waals surface area contributed by atoms with E-state index in [1.165, 1.54) is 0 Å². The maximum atomic E-state index is 12.8. The second-order valence-electron chi connectivity index (χ2n) is 6.89. The second-order valence-corrected chi connectivity index (χ2v) is 7.74. The number of fused-ring (bicyclic) bond motifs is 1. The number of aromatic nitrogens is 2. The summed E-state index contributed by atoms with van der Waals surface area (Å²) >= 11 is 12.4. The molecule has 0 saturated carbocycles. The molecule has 1 aromatic heterocycles. The number of anilines is 1. The Balaban J connectivity index is 1.63. The lowest BCUT2D eigenvalue weighted by Crippen LogP contribution is -2.41. The topological polar surface area (TPSA) is 97.6 Å². The Morgan fingerprint density at radius 3 is 2.55 bits per heavy atom. The molecule has 31 heavy (non-hydrogen) atoms. The lowest BCUT2D eigenvalue weighted by molar-refractivity contribution is 0.0997. The van der Waals surface area contributed by atoms with Crippen molar-refractivity contribution < 1.29 is 9.59 Å². The molecule has 4 rings (SSSR count). The number of nitrogens with two attached hydrogens (primary N) is 1. The van der Waals surface area contributed by atoms with Crippen molar-refractivity contribution in [2.75, 3.05) is 11.9 Å². The van der Waals surface area contributed by atoms with Crippen molar-refractivity contribution in [1.82, 2.24) is 14.7 Å². The summed E-state index contributed by atoms with van der Waals surface area (Å²) < 4.78 is 1.67. The highest BCUT2D eigenvalue weighted by atomic mass is 35.5. The molecule has 0 radical (unpaired) electrons. The molecule has 3 amide bonds. The summed E-state index contributed by atoms with van der Waals surface area (Å²) in [4.78, 5) is 30.0. The van der Waals surface area contributed by atoms with Gasteiger partial charge in [0.05, 0.1) is 35.9 Å². The first-order valence-corrected chi connectivity index (χ1v) is 10.0. The molecular weight excluding hydrogens is 439 g/mol. The van der Waals surface area contributed by atoms with Crippen molar-refractivity contribution in [3.63, 3.8) is 0 Å². The number of carbonyl (C=O) groups excluding carboxylic acids is 2. The standard InChI is InChI=1S/C21H16Cl2N6O2/c1-25-13-3-5-14(6-4-13)26-21(31)28-8-9-29-17(11-28)18(20(24)30)19(27-29)15-10-12(22)2-7-16(15)23/h2-7,10H,8-9,11H2,(H2,24,30)(H,26,31). The second kappa shape index (κ2) is 8.30. The number of urea groups is 1. The van der Waals surface area contributed by atoms with E-state index in [-0.39, 0.29) is 18.1 Å². The number of rotatable bonds is 3. The van der Waals surface area contributed by atoms with E-state index in [2.05, 4.69) is 15.3 Å². The van der Waals surface area contributed by atoms with Crippen molar-refractivity contribution in [3.05, 3.63) is 75.2 Å². The first-order valence-electron chi connectivity index (χ1n) is 9.25. The number of carbonyl (C=O) groups is 2. The normalized spacial score (nSPS) is 12.7. The number of primary amides is 1. The molecule has 0 bridgehead atoms. The highest BCUT2D eigenvalue weighted by Gasteiger charge is 2.30. The van der Waals surface area contributed by atoms with Gasteiger partial charge in [-0.15, -0.1) is 0 Å². The number of hydrogen-bond donors (Lipinski definition) is 2. The summed E-state index contributed by atoms with van der Waals surface area (Å²) in [5.74, 6) is -0.663. The zero-order chi connectivity index (χ0) is 22.1. The Morgan fingerprint density at radius 2 is 1.87 bits per heavy atom. The fourth-order valence-electron chi connectivity index (χ4n) is 3.44. The average molecular weight is 455 g/mol. The average Bonchev–Trinajstić information content (AvgIpc) is 3.14. The van der Waals surface area contributed by atoms with Crippen LogP contribution in [0.3, 0.4) is 0 Å². The summed E-state index contributed by atoms with van der Waals surface area (Å²) in [5.41, 5.74) is 8.30. The molecule has 0 unspecified atom stereocenters. The van der Waals surface area contributed by atoms with Gasteiger partial charge in [-0.2, -0.15) is 5.10 Å². The number of nitrogens with zero attached hydrogens (tertiary/aromatic N) is 4. The van der Waals surface area contributed by atoms with Crippen LogP contribution in [0.5, 0.6) is 0 Å². The minimum Gasteiger partial charge on any atom is -0.365 e. The molecule has 0 aliphatic carbocycles. The van der Waals surface area contributed by atoms with Crippen LogP contribution in [0.25, 0.3) is 16.1 Å². The highest BCUT2D eigenvalue weighted by molar-refractivity contribution is 6.35. The van der Waals surface area contributed by atoms with E-state index < -0.39 is 5.91 Å². The smallest absolute Gasteiger partial charge is 0.322 e. The minimum absolute atomic E-state index is 0.148. The molecule has 2 aromatic carbocycles. The van der Waals surface area contributed by atoms with E-state index in [1.54, 1.807) is 52.0 Å². The third-order valence-corrected chi connectivity index (χ3v) is 5.51. The maximum absolute atomic E-state index is 12.8. The van der Waals surface area contributed by atoms with E-state index in [4.69, 9.17) is 35.5 Å². The number of halogens is 2. The fraction of sp³-hybridized carbons (Fsp3) is 0.143. The molecular formula is C21H16Cl2N6O2. The molecule has 156 valence electrons. The van der Waals surface area contributed by atoms with E-state index in [0.29, 0.717) is 51.5 Å². The third-order valence-electron chi connectivity index (χ3n) is 4.94. The van der Waals surface area contributed by atoms with Crippen molar-refractivity contribution in [3.8, 4) is 11.3 Å². The molecule has 3 N–H and O–H groups in total. The van der Waals surface area contributed by atoms with Crippen LogP contribution < -0.4 is 11.1 Å². The zero-order valence-corrected chi connectivity index (χ0v) is 17.6. The van der Waals surface area contributed by atoms with Gasteiger partial charge >= 0.3 is 6.03 Å². The fourth-order valence-corrected chi connectivity index (χ4v) is 3.82. The maximum Gasteiger partial charge on any atom is 0.322 e. The van der Waals surface area contributed by atoms with Gasteiger partial charge in [0.2, 0.25) is 0 Å². The first kappa shape index (κ1) is 20.7. The summed E-state index contributed by atoms with van der Waals surface area (Å²) in [5, 5.41) is 8.16. The van der Waals surface area contributed by atoms with Gasteiger partial charge in [-0.25, -0.2) is 9.64 Å². The summed E-state index contributed by atoms with van der Waals surface area (Å²) in [7, 11) is 0. The quantitative estimate of drug-likeness (QED) is 0.567. The summed E-state index contributed by atoms with van der Waals surface area (Å²) in [6.07, 6.45) is 0. The van der Waals surface area contributed by atoms with Crippen LogP contribution in [-0.4, -0.2) is 33.2 Å². The Bertz CT molecular complexity index is 1230. The summed E-state index contributed by atoms with van der Waals surface area (Å²) in [6.45, 7) is 7.92. The monoisotopic (exact) mass is 454 g/mol. The van der Waals surface area contributed by atoms with Gasteiger partial charge in [-0.3, -0.25) is 9.48 Å². The third kappa shape index (κ3) is 4.06. The Morgan fingerprint density at radius 1 is 1.13 bits per heavy atom. The largest absolute Gasteiger partial charge is 0.365 e. The van der Waals surface area contributed by atoms with Gasteiger partial charge in [-0.05, 0) is 30.3 Å². The van der Waals surface area contributed by atoms with E-state index >= 15 is 0 Å². The molecule has 10 heteroatoms. The van der Waals surface area contributed by atoms with Crippen LogP contribution >= 0.6 is 23.2 Å². The Hall–Kier alpha value is -3.54. The first-order chi connectivity index (χ1) is 14.9. The van der Waals surface area contributed by atoms with Crippen LogP contribution in [0.15, 0.2) is 42.5 Å². The molecule has 8 nitrogen and oxygen atoms in total. The molecule has 0 fully saturated rings. The zero-order valence-electron chi connectivity index (χ0n) is 16.1. The molecule has 3 aromatic rings. The Labute approximate surface area is 188 Å². The lowest BCUT2D eigenvalue weighted by atomic mass is 10.0. The van der Waals surface area contributed by atoms with Crippen LogP contribution in [0.4, 0.5) is 16.2 Å². The van der Waals surface area contributed by atoms with Crippen molar-refractivity contribution in [1.29, 1.82) is 0 Å². The number of benzene rings is 2. The van der Waals surface area contributed by atoms with Crippen LogP contribution in [0.1, 0.15) is 16.1 Å². The van der Waals surface area contributed by atoms with E-state index in [1.807, 2.05) is 0 Å². The molecule has 2 heterocycles. The van der Waals surface area contributed by atoms with Crippen LogP contribution in [0, 0.1) is 6.57 Å². The molecule has 0 atom stereocenters.